The van der Waals surface area contributed by atoms with Crippen LogP contribution in [-0.2, 0) is 11.3 Å². The van der Waals surface area contributed by atoms with Crippen molar-refractivity contribution >= 4 is 29.9 Å². The maximum atomic E-state index is 6.24. The summed E-state index contributed by atoms with van der Waals surface area (Å²) in [4.78, 5) is 14.0. The van der Waals surface area contributed by atoms with Crippen LogP contribution >= 0.6 is 24.0 Å². The normalized spacial score (nSPS) is 22.0. The molecule has 1 aliphatic carbocycles. The Labute approximate surface area is 217 Å². The summed E-state index contributed by atoms with van der Waals surface area (Å²) in [5.41, 5.74) is 1.01. The number of nitrogens with one attached hydrogen (secondary N) is 1. The van der Waals surface area contributed by atoms with Crippen LogP contribution in [0.5, 0.6) is 0 Å². The highest BCUT2D eigenvalue weighted by Gasteiger charge is 2.25. The zero-order valence-corrected chi connectivity index (χ0v) is 23.2. The van der Waals surface area contributed by atoms with Crippen molar-refractivity contribution in [2.75, 3.05) is 46.4 Å². The predicted molar refractivity (Wildman–Crippen MR) is 143 cm³/mol. The van der Waals surface area contributed by atoms with Gasteiger partial charge in [0, 0.05) is 33.3 Å². The quantitative estimate of drug-likeness (QED) is 0.297. The number of likely N-dealkylation sites (tertiary alicyclic amines) is 2. The molecule has 0 amide bonds. The van der Waals surface area contributed by atoms with Crippen LogP contribution in [0.25, 0.3) is 0 Å². The van der Waals surface area contributed by atoms with Crippen molar-refractivity contribution in [3.8, 4) is 0 Å². The Morgan fingerprint density at radius 1 is 1.03 bits per heavy atom. The van der Waals surface area contributed by atoms with Gasteiger partial charge in [-0.2, -0.15) is 0 Å². The molecule has 33 heavy (non-hydrogen) atoms. The lowest BCUT2D eigenvalue weighted by Gasteiger charge is -2.36. The molecule has 0 spiro atoms. The first-order chi connectivity index (χ1) is 15.6. The minimum atomic E-state index is 0. The predicted octanol–water partition coefficient (Wildman–Crippen LogP) is 4.37. The second-order valence-corrected chi connectivity index (χ2v) is 10.1. The Balaban J connectivity index is 0.00000306. The van der Waals surface area contributed by atoms with E-state index in [-0.39, 0.29) is 24.0 Å². The molecule has 7 nitrogen and oxygen atoms in total. The number of piperidine rings is 2. The van der Waals surface area contributed by atoms with Crippen molar-refractivity contribution in [1.29, 1.82) is 0 Å². The molecule has 188 valence electrons. The van der Waals surface area contributed by atoms with Gasteiger partial charge in [-0.15, -0.1) is 24.0 Å². The SMILES string of the molecule is CN=C(NCC1CCN(Cc2nc(C)c(C)o2)CC1)N1CCC(OCC2CCCC2)CC1.I. The number of guanidine groups is 1. The van der Waals surface area contributed by atoms with Crippen molar-refractivity contribution in [2.45, 2.75) is 77.9 Å². The highest BCUT2D eigenvalue weighted by molar-refractivity contribution is 14.0. The molecule has 8 heteroatoms. The first-order valence-corrected chi connectivity index (χ1v) is 12.8. The van der Waals surface area contributed by atoms with Crippen LogP contribution in [0.1, 0.15) is 68.7 Å². The Hall–Kier alpha value is -0.870. The second-order valence-electron chi connectivity index (χ2n) is 10.1. The van der Waals surface area contributed by atoms with Gasteiger partial charge in [0.05, 0.1) is 18.3 Å². The van der Waals surface area contributed by atoms with Crippen molar-refractivity contribution < 1.29 is 9.15 Å². The molecular formula is C25H44IN5O2. The standard InChI is InChI=1S/C25H43N5O2.HI/c1-19-20(2)32-24(28-19)17-29-12-8-21(9-13-29)16-27-25(26-3)30-14-10-23(11-15-30)31-18-22-6-4-5-7-22;/h21-23H,4-18H2,1-3H3,(H,26,27);1H. The molecule has 3 fully saturated rings. The van der Waals surface area contributed by atoms with Crippen molar-refractivity contribution in [2.24, 2.45) is 16.8 Å². The third kappa shape index (κ3) is 7.82. The van der Waals surface area contributed by atoms with Gasteiger partial charge in [-0.1, -0.05) is 12.8 Å². The molecule has 4 rings (SSSR count). The van der Waals surface area contributed by atoms with E-state index in [0.717, 1.165) is 87.9 Å². The first-order valence-electron chi connectivity index (χ1n) is 12.8. The third-order valence-electron chi connectivity index (χ3n) is 7.68. The molecule has 0 radical (unpaired) electrons. The van der Waals surface area contributed by atoms with E-state index in [1.165, 1.54) is 38.5 Å². The van der Waals surface area contributed by atoms with Gasteiger partial charge >= 0.3 is 0 Å². The number of halogens is 1. The van der Waals surface area contributed by atoms with Crippen LogP contribution in [0.2, 0.25) is 0 Å². The maximum Gasteiger partial charge on any atom is 0.208 e. The van der Waals surface area contributed by atoms with Gasteiger partial charge < -0.3 is 19.4 Å². The highest BCUT2D eigenvalue weighted by Crippen LogP contribution is 2.26. The van der Waals surface area contributed by atoms with Gasteiger partial charge in [0.15, 0.2) is 5.96 Å². The van der Waals surface area contributed by atoms with E-state index >= 15 is 0 Å². The van der Waals surface area contributed by atoms with Crippen LogP contribution in [0, 0.1) is 25.7 Å². The molecule has 1 aromatic rings. The van der Waals surface area contributed by atoms with Gasteiger partial charge in [-0.3, -0.25) is 9.89 Å². The zero-order valence-electron chi connectivity index (χ0n) is 20.9. The van der Waals surface area contributed by atoms with Crippen LogP contribution in [0.15, 0.2) is 9.41 Å². The fourth-order valence-corrected chi connectivity index (χ4v) is 5.40. The Bertz CT molecular complexity index is 714. The number of aliphatic imine (C=N–C) groups is 1. The fraction of sp³-hybridized carbons (Fsp3) is 0.840. The smallest absolute Gasteiger partial charge is 0.208 e. The van der Waals surface area contributed by atoms with Crippen molar-refractivity contribution in [1.82, 2.24) is 20.1 Å². The van der Waals surface area contributed by atoms with E-state index in [2.05, 4.69) is 25.1 Å². The van der Waals surface area contributed by atoms with Crippen molar-refractivity contribution in [3.63, 3.8) is 0 Å². The van der Waals surface area contributed by atoms with E-state index in [4.69, 9.17) is 9.15 Å². The molecule has 2 saturated heterocycles. The van der Waals surface area contributed by atoms with Crippen LogP contribution in [-0.4, -0.2) is 73.2 Å². The number of rotatable bonds is 7. The minimum absolute atomic E-state index is 0. The van der Waals surface area contributed by atoms with E-state index < -0.39 is 0 Å². The molecule has 0 unspecified atom stereocenters. The van der Waals surface area contributed by atoms with E-state index in [1.807, 2.05) is 20.9 Å². The molecule has 1 aromatic heterocycles. The lowest BCUT2D eigenvalue weighted by atomic mass is 9.97. The number of hydrogen-bond donors (Lipinski definition) is 1. The molecule has 0 aromatic carbocycles. The van der Waals surface area contributed by atoms with Gasteiger partial charge in [-0.05, 0) is 77.3 Å². The van der Waals surface area contributed by atoms with Crippen LogP contribution < -0.4 is 5.32 Å². The Kier molecular flexibility index (Phi) is 10.8. The monoisotopic (exact) mass is 573 g/mol. The molecular weight excluding hydrogens is 529 g/mol. The molecule has 1 saturated carbocycles. The summed E-state index contributed by atoms with van der Waals surface area (Å²) in [6.45, 7) is 11.1. The topological polar surface area (TPSA) is 66.1 Å². The summed E-state index contributed by atoms with van der Waals surface area (Å²) < 4.78 is 12.0. The number of hydrogen-bond acceptors (Lipinski definition) is 5. The largest absolute Gasteiger partial charge is 0.444 e. The molecule has 0 atom stereocenters. The molecule has 2 aliphatic heterocycles. The number of aromatic nitrogens is 1. The summed E-state index contributed by atoms with van der Waals surface area (Å²) in [5, 5.41) is 3.66. The first kappa shape index (κ1) is 26.7. The average Bonchev–Trinajstić information content (AvgIpc) is 3.44. The summed E-state index contributed by atoms with van der Waals surface area (Å²) in [6, 6.07) is 0. The molecule has 3 heterocycles. The summed E-state index contributed by atoms with van der Waals surface area (Å²) in [6.07, 6.45) is 10.6. The van der Waals surface area contributed by atoms with Gasteiger partial charge in [0.1, 0.15) is 5.76 Å². The lowest BCUT2D eigenvalue weighted by molar-refractivity contribution is 0.000975. The zero-order chi connectivity index (χ0) is 22.3. The summed E-state index contributed by atoms with van der Waals surface area (Å²) in [5.74, 6) is 4.37. The average molecular weight is 574 g/mol. The summed E-state index contributed by atoms with van der Waals surface area (Å²) in [7, 11) is 1.91. The lowest BCUT2D eigenvalue weighted by Crippen LogP contribution is -2.48. The number of aryl methyl sites for hydroxylation is 2. The highest BCUT2D eigenvalue weighted by atomic mass is 127. The maximum absolute atomic E-state index is 6.24. The van der Waals surface area contributed by atoms with E-state index in [0.29, 0.717) is 12.0 Å². The van der Waals surface area contributed by atoms with E-state index in [1.54, 1.807) is 0 Å². The second kappa shape index (κ2) is 13.3. The third-order valence-corrected chi connectivity index (χ3v) is 7.68. The minimum Gasteiger partial charge on any atom is -0.444 e. The van der Waals surface area contributed by atoms with Crippen molar-refractivity contribution in [3.05, 3.63) is 17.3 Å². The summed E-state index contributed by atoms with van der Waals surface area (Å²) >= 11 is 0. The van der Waals surface area contributed by atoms with Crippen LogP contribution in [0.3, 0.4) is 0 Å². The van der Waals surface area contributed by atoms with Gasteiger partial charge in [0.25, 0.3) is 0 Å². The number of ether oxygens (including phenoxy) is 1. The molecule has 3 aliphatic rings. The van der Waals surface area contributed by atoms with Gasteiger partial charge in [-0.25, -0.2) is 4.98 Å². The van der Waals surface area contributed by atoms with Gasteiger partial charge in [0.2, 0.25) is 5.89 Å². The number of oxazole rings is 1. The number of nitrogens with zero attached hydrogens (tertiary/aromatic N) is 4. The molecule has 1 N–H and O–H groups in total. The van der Waals surface area contributed by atoms with Crippen LogP contribution in [0.4, 0.5) is 0 Å². The van der Waals surface area contributed by atoms with E-state index in [9.17, 15) is 0 Å². The Morgan fingerprint density at radius 3 is 2.33 bits per heavy atom. The fourth-order valence-electron chi connectivity index (χ4n) is 5.40. The Morgan fingerprint density at radius 2 is 1.73 bits per heavy atom. The molecule has 0 bridgehead atoms.